The van der Waals surface area contributed by atoms with Gasteiger partial charge in [0.1, 0.15) is 17.5 Å². The standard InChI is InChI=1S/C23H24F4N6O3S.H2/c1-3-17-6-9-20(33(17)37(35,36)19-7-4-16(24)5-8-19)21(34)28-10-15-13-32(31-14(15)2)18-11-29-22(30-12-18)23(25,26)27;/h4-5,7-8,11-13,17,20H,3,6,9-10H2,1-2H3,(H,28,34);1H/t17-,20-;/m0./s1. The molecule has 0 radical (unpaired) electrons. The predicted octanol–water partition coefficient (Wildman–Crippen LogP) is 3.62. The van der Waals surface area contributed by atoms with Gasteiger partial charge in [-0.15, -0.1) is 0 Å². The number of carbonyl (C=O) groups is 1. The molecule has 4 rings (SSSR count). The first-order valence-corrected chi connectivity index (χ1v) is 12.9. The van der Waals surface area contributed by atoms with E-state index in [0.717, 1.165) is 24.5 Å². The topological polar surface area (TPSA) is 110 Å². The van der Waals surface area contributed by atoms with Crippen LogP contribution < -0.4 is 5.32 Å². The van der Waals surface area contributed by atoms with Crippen molar-refractivity contribution in [1.82, 2.24) is 29.4 Å². The minimum Gasteiger partial charge on any atom is -0.351 e. The van der Waals surface area contributed by atoms with Crippen LogP contribution in [-0.2, 0) is 27.5 Å². The lowest BCUT2D eigenvalue weighted by molar-refractivity contribution is -0.145. The average Bonchev–Trinajstić information content (AvgIpc) is 3.46. The fraction of sp³-hybridized carbons (Fsp3) is 0.391. The van der Waals surface area contributed by atoms with Gasteiger partial charge >= 0.3 is 6.18 Å². The van der Waals surface area contributed by atoms with E-state index < -0.39 is 39.8 Å². The van der Waals surface area contributed by atoms with Crippen molar-refractivity contribution in [2.24, 2.45) is 0 Å². The van der Waals surface area contributed by atoms with Crippen molar-refractivity contribution >= 4 is 15.9 Å². The van der Waals surface area contributed by atoms with Gasteiger partial charge < -0.3 is 5.32 Å². The van der Waals surface area contributed by atoms with E-state index in [1.54, 1.807) is 6.92 Å². The van der Waals surface area contributed by atoms with E-state index >= 15 is 0 Å². The molecule has 9 nitrogen and oxygen atoms in total. The molecule has 1 N–H and O–H groups in total. The SMILES string of the molecule is CC[C@H]1CC[C@@H](C(=O)NCc2cn(-c3cnc(C(F)(F)F)nc3)nc2C)N1S(=O)(=O)c1ccc(F)cc1.[HH]. The lowest BCUT2D eigenvalue weighted by atomic mass is 10.1. The predicted molar refractivity (Wildman–Crippen MR) is 125 cm³/mol. The number of amides is 1. The van der Waals surface area contributed by atoms with Gasteiger partial charge in [0.25, 0.3) is 0 Å². The monoisotopic (exact) mass is 542 g/mol. The van der Waals surface area contributed by atoms with E-state index in [1.807, 2.05) is 6.92 Å². The number of nitrogens with zero attached hydrogens (tertiary/aromatic N) is 5. The highest BCUT2D eigenvalue weighted by Gasteiger charge is 2.44. The number of nitrogens with one attached hydrogen (secondary N) is 1. The third-order valence-electron chi connectivity index (χ3n) is 6.21. The Hall–Kier alpha value is -3.39. The van der Waals surface area contributed by atoms with Crippen molar-refractivity contribution in [3.8, 4) is 5.69 Å². The number of aromatic nitrogens is 4. The molecule has 200 valence electrons. The van der Waals surface area contributed by atoms with E-state index in [4.69, 9.17) is 0 Å². The molecule has 0 unspecified atom stereocenters. The van der Waals surface area contributed by atoms with Crippen LogP contribution in [0.2, 0.25) is 0 Å². The van der Waals surface area contributed by atoms with E-state index in [-0.39, 0.29) is 24.6 Å². The second-order valence-corrected chi connectivity index (χ2v) is 10.5. The van der Waals surface area contributed by atoms with Crippen molar-refractivity contribution in [2.45, 2.75) is 62.8 Å². The Morgan fingerprint density at radius 3 is 2.41 bits per heavy atom. The molecule has 14 heteroatoms. The van der Waals surface area contributed by atoms with E-state index in [0.29, 0.717) is 30.5 Å². The summed E-state index contributed by atoms with van der Waals surface area (Å²) >= 11 is 0. The zero-order valence-electron chi connectivity index (χ0n) is 19.9. The summed E-state index contributed by atoms with van der Waals surface area (Å²) in [6.45, 7) is 3.52. The molecule has 0 aliphatic carbocycles. The van der Waals surface area contributed by atoms with Crippen LogP contribution in [0.3, 0.4) is 0 Å². The van der Waals surface area contributed by atoms with Gasteiger partial charge in [-0.05, 0) is 50.5 Å². The maximum atomic E-state index is 13.3. The van der Waals surface area contributed by atoms with E-state index in [1.165, 1.54) is 27.3 Å². The Balaban J connectivity index is 0.00000400. The summed E-state index contributed by atoms with van der Waals surface area (Å²) in [4.78, 5) is 19.7. The minimum absolute atomic E-state index is 0. The quantitative estimate of drug-likeness (QED) is 0.457. The molecule has 2 aromatic heterocycles. The lowest BCUT2D eigenvalue weighted by Crippen LogP contribution is -2.48. The van der Waals surface area contributed by atoms with Gasteiger partial charge in [-0.1, -0.05) is 6.92 Å². The molecule has 1 fully saturated rings. The summed E-state index contributed by atoms with van der Waals surface area (Å²) in [5.74, 6) is -2.33. The number of alkyl halides is 3. The molecule has 1 aliphatic rings. The Kier molecular flexibility index (Phi) is 7.33. The van der Waals surface area contributed by atoms with Crippen LogP contribution in [-0.4, -0.2) is 50.5 Å². The molecule has 1 aromatic carbocycles. The smallest absolute Gasteiger partial charge is 0.351 e. The van der Waals surface area contributed by atoms with Crippen LogP contribution >= 0.6 is 0 Å². The van der Waals surface area contributed by atoms with Crippen molar-refractivity contribution in [2.75, 3.05) is 0 Å². The number of carbonyl (C=O) groups excluding carboxylic acids is 1. The Bertz CT molecular complexity index is 1380. The van der Waals surface area contributed by atoms with Crippen molar-refractivity contribution < 1.29 is 32.2 Å². The number of sulfonamides is 1. The van der Waals surface area contributed by atoms with Gasteiger partial charge in [-0.3, -0.25) is 4.79 Å². The van der Waals surface area contributed by atoms with E-state index in [2.05, 4.69) is 20.4 Å². The van der Waals surface area contributed by atoms with Crippen molar-refractivity contribution in [3.05, 3.63) is 65.8 Å². The first kappa shape index (κ1) is 26.7. The zero-order valence-corrected chi connectivity index (χ0v) is 20.7. The average molecular weight is 543 g/mol. The van der Waals surface area contributed by atoms with Gasteiger partial charge in [-0.2, -0.15) is 22.6 Å². The zero-order chi connectivity index (χ0) is 27.0. The molecular weight excluding hydrogens is 516 g/mol. The second-order valence-electron chi connectivity index (χ2n) is 8.61. The normalized spacial score (nSPS) is 18.8. The molecule has 2 atom stereocenters. The fourth-order valence-electron chi connectivity index (χ4n) is 4.27. The molecule has 0 bridgehead atoms. The molecule has 1 aliphatic heterocycles. The second kappa shape index (κ2) is 10.2. The molecule has 3 heterocycles. The Morgan fingerprint density at radius 1 is 1.16 bits per heavy atom. The summed E-state index contributed by atoms with van der Waals surface area (Å²) < 4.78 is 80.6. The van der Waals surface area contributed by atoms with Crippen molar-refractivity contribution in [1.29, 1.82) is 0 Å². The fourth-order valence-corrected chi connectivity index (χ4v) is 6.18. The summed E-state index contributed by atoms with van der Waals surface area (Å²) in [5.41, 5.74) is 1.28. The highest BCUT2D eigenvalue weighted by atomic mass is 32.2. The number of rotatable bonds is 7. The largest absolute Gasteiger partial charge is 0.451 e. The van der Waals surface area contributed by atoms with Crippen LogP contribution in [0, 0.1) is 12.7 Å². The number of halogens is 4. The van der Waals surface area contributed by atoms with Crippen LogP contribution in [0.4, 0.5) is 17.6 Å². The maximum Gasteiger partial charge on any atom is 0.451 e. The maximum absolute atomic E-state index is 13.3. The minimum atomic E-state index is -4.66. The molecule has 1 saturated heterocycles. The highest BCUT2D eigenvalue weighted by molar-refractivity contribution is 7.89. The van der Waals surface area contributed by atoms with Gasteiger partial charge in [0, 0.05) is 25.8 Å². The number of hydrogen-bond donors (Lipinski definition) is 1. The molecule has 0 saturated carbocycles. The first-order chi connectivity index (χ1) is 17.4. The summed E-state index contributed by atoms with van der Waals surface area (Å²) in [7, 11) is -4.05. The third kappa shape index (κ3) is 5.49. The molecule has 3 aromatic rings. The van der Waals surface area contributed by atoms with Gasteiger partial charge in [0.05, 0.1) is 23.0 Å². The summed E-state index contributed by atoms with van der Waals surface area (Å²) in [6, 6.07) is 3.14. The molecule has 1 amide bonds. The number of aryl methyl sites for hydroxylation is 1. The van der Waals surface area contributed by atoms with Crippen LogP contribution in [0.25, 0.3) is 5.69 Å². The lowest BCUT2D eigenvalue weighted by Gasteiger charge is -2.28. The molecule has 37 heavy (non-hydrogen) atoms. The van der Waals surface area contributed by atoms with Gasteiger partial charge in [0.2, 0.25) is 21.8 Å². The number of hydrogen-bond acceptors (Lipinski definition) is 6. The Morgan fingerprint density at radius 2 is 1.81 bits per heavy atom. The van der Waals surface area contributed by atoms with Gasteiger partial charge in [0.15, 0.2) is 0 Å². The molecule has 0 spiro atoms. The van der Waals surface area contributed by atoms with Crippen LogP contribution in [0.1, 0.15) is 44.7 Å². The highest BCUT2D eigenvalue weighted by Crippen LogP contribution is 2.33. The van der Waals surface area contributed by atoms with E-state index in [9.17, 15) is 30.8 Å². The molecular formula is C23H26F4N6O3S. The van der Waals surface area contributed by atoms with Gasteiger partial charge in [-0.25, -0.2) is 27.5 Å². The van der Waals surface area contributed by atoms with Crippen LogP contribution in [0.15, 0.2) is 47.8 Å². The third-order valence-corrected chi connectivity index (χ3v) is 8.19. The number of benzene rings is 1. The Labute approximate surface area is 212 Å². The first-order valence-electron chi connectivity index (χ1n) is 11.4. The summed E-state index contributed by atoms with van der Waals surface area (Å²) in [6.07, 6.45) is 0.177. The summed E-state index contributed by atoms with van der Waals surface area (Å²) in [5, 5.41) is 6.99. The van der Waals surface area contributed by atoms with Crippen LogP contribution in [0.5, 0.6) is 0 Å². The van der Waals surface area contributed by atoms with Crippen molar-refractivity contribution in [3.63, 3.8) is 0 Å².